The van der Waals surface area contributed by atoms with Crippen LogP contribution >= 0.6 is 15.9 Å². The molecule has 4 amide bonds. The Bertz CT molecular complexity index is 1210. The van der Waals surface area contributed by atoms with E-state index in [2.05, 4.69) is 31.3 Å². The van der Waals surface area contributed by atoms with Crippen molar-refractivity contribution in [2.45, 2.75) is 37.1 Å². The number of imide groups is 1. The van der Waals surface area contributed by atoms with E-state index in [0.29, 0.717) is 18.5 Å². The molecule has 1 aliphatic rings. The van der Waals surface area contributed by atoms with Crippen molar-refractivity contribution in [1.82, 2.24) is 10.2 Å². The van der Waals surface area contributed by atoms with Crippen molar-refractivity contribution in [1.29, 1.82) is 0 Å². The molecule has 1 fully saturated rings. The van der Waals surface area contributed by atoms with E-state index < -0.39 is 40.0 Å². The van der Waals surface area contributed by atoms with Crippen LogP contribution in [0.3, 0.4) is 0 Å². The molecule has 2 aromatic carbocycles. The second-order valence-electron chi connectivity index (χ2n) is 7.63. The van der Waals surface area contributed by atoms with Gasteiger partial charge in [-0.15, -0.1) is 0 Å². The molecule has 0 unspecified atom stereocenters. The first-order chi connectivity index (χ1) is 16.0. The van der Waals surface area contributed by atoms with Crippen LogP contribution in [-0.2, 0) is 19.6 Å². The molecule has 0 aromatic heterocycles. The van der Waals surface area contributed by atoms with Gasteiger partial charge in [0.25, 0.3) is 15.9 Å². The summed E-state index contributed by atoms with van der Waals surface area (Å²) in [6, 6.07) is 9.91. The number of ether oxygens (including phenoxy) is 1. The molecule has 1 aliphatic heterocycles. The molecule has 0 saturated carbocycles. The molecular weight excluding hydrogens is 528 g/mol. The topological polar surface area (TPSA) is 134 Å². The number of sulfonamides is 1. The smallest absolute Gasteiger partial charge is 0.325 e. The highest BCUT2D eigenvalue weighted by atomic mass is 79.9. The van der Waals surface area contributed by atoms with Crippen LogP contribution in [0.2, 0.25) is 0 Å². The highest BCUT2D eigenvalue weighted by Crippen LogP contribution is 2.29. The Morgan fingerprint density at radius 1 is 1.12 bits per heavy atom. The van der Waals surface area contributed by atoms with Crippen LogP contribution in [0.1, 0.15) is 26.7 Å². The predicted molar refractivity (Wildman–Crippen MR) is 130 cm³/mol. The van der Waals surface area contributed by atoms with E-state index >= 15 is 0 Å². The van der Waals surface area contributed by atoms with Crippen molar-refractivity contribution in [3.05, 3.63) is 46.9 Å². The summed E-state index contributed by atoms with van der Waals surface area (Å²) in [6.07, 6.45) is 0.788. The lowest BCUT2D eigenvalue weighted by atomic mass is 9.93. The lowest BCUT2D eigenvalue weighted by molar-refractivity contribution is -0.134. The van der Waals surface area contributed by atoms with Gasteiger partial charge in [0.15, 0.2) is 0 Å². The van der Waals surface area contributed by atoms with E-state index in [9.17, 15) is 22.8 Å². The number of hydrogen-bond acceptors (Lipinski definition) is 6. The predicted octanol–water partition coefficient (Wildman–Crippen LogP) is 3.31. The number of halogens is 1. The van der Waals surface area contributed by atoms with Gasteiger partial charge in [-0.1, -0.05) is 29.8 Å². The van der Waals surface area contributed by atoms with Crippen molar-refractivity contribution in [3.63, 3.8) is 0 Å². The van der Waals surface area contributed by atoms with Gasteiger partial charge < -0.3 is 15.4 Å². The van der Waals surface area contributed by atoms with Crippen molar-refractivity contribution < 1.29 is 27.5 Å². The monoisotopic (exact) mass is 552 g/mol. The number of nitrogens with one attached hydrogen (secondary N) is 3. The van der Waals surface area contributed by atoms with Crippen molar-refractivity contribution in [3.8, 4) is 5.75 Å². The van der Waals surface area contributed by atoms with Crippen molar-refractivity contribution in [2.24, 2.45) is 0 Å². The molecule has 0 spiro atoms. The molecule has 0 bridgehead atoms. The molecule has 0 aliphatic carbocycles. The summed E-state index contributed by atoms with van der Waals surface area (Å²) in [4.78, 5) is 38.5. The number of methoxy groups -OCH3 is 1. The van der Waals surface area contributed by atoms with E-state index in [-0.39, 0.29) is 16.3 Å². The van der Waals surface area contributed by atoms with Crippen LogP contribution < -0.4 is 20.1 Å². The van der Waals surface area contributed by atoms with Crippen LogP contribution in [0, 0.1) is 0 Å². The molecule has 1 saturated heterocycles. The molecule has 3 N–H and O–H groups in total. The molecule has 0 radical (unpaired) electrons. The number of anilines is 2. The average Bonchev–Trinajstić information content (AvgIpc) is 3.05. The van der Waals surface area contributed by atoms with Gasteiger partial charge in [0.2, 0.25) is 5.91 Å². The summed E-state index contributed by atoms with van der Waals surface area (Å²) in [5.74, 6) is -0.940. The van der Waals surface area contributed by atoms with Crippen LogP contribution in [0.4, 0.5) is 16.2 Å². The standard InChI is InChI=1S/C22H25BrN4O6S/c1-4-22(5-2)20(29)27(21(30)25-22)13-19(28)24-17-12-16(10-11-18(17)33-3)34(31,32)26-15-8-6-14(23)7-9-15/h6-12,26H,4-5,13H2,1-3H3,(H,24,28)(H,25,30). The van der Waals surface area contributed by atoms with Crippen LogP contribution in [0.5, 0.6) is 5.75 Å². The zero-order valence-corrected chi connectivity index (χ0v) is 21.2. The maximum absolute atomic E-state index is 12.8. The molecule has 10 nitrogen and oxygen atoms in total. The van der Waals surface area contributed by atoms with Gasteiger partial charge in [-0.3, -0.25) is 19.2 Å². The molecule has 2 aromatic rings. The minimum Gasteiger partial charge on any atom is -0.495 e. The molecule has 3 rings (SSSR count). The molecule has 182 valence electrons. The zero-order valence-electron chi connectivity index (χ0n) is 18.8. The third-order valence-corrected chi connectivity index (χ3v) is 7.51. The number of carbonyl (C=O) groups excluding carboxylic acids is 3. The third-order valence-electron chi connectivity index (χ3n) is 5.61. The fourth-order valence-electron chi connectivity index (χ4n) is 3.57. The molecule has 0 atom stereocenters. The molecular formula is C22H25BrN4O6S. The van der Waals surface area contributed by atoms with Crippen LogP contribution in [-0.4, -0.2) is 50.4 Å². The largest absolute Gasteiger partial charge is 0.495 e. The lowest BCUT2D eigenvalue weighted by Crippen LogP contribution is -2.46. The Hall–Kier alpha value is -3.12. The number of hydrogen-bond donors (Lipinski definition) is 3. The first-order valence-electron chi connectivity index (χ1n) is 10.5. The number of carbonyl (C=O) groups is 3. The third kappa shape index (κ3) is 5.17. The van der Waals surface area contributed by atoms with Gasteiger partial charge in [0.1, 0.15) is 17.8 Å². The second kappa shape index (κ2) is 10.0. The second-order valence-corrected chi connectivity index (χ2v) is 10.2. The maximum Gasteiger partial charge on any atom is 0.325 e. The average molecular weight is 553 g/mol. The van der Waals surface area contributed by atoms with Gasteiger partial charge in [-0.25, -0.2) is 13.2 Å². The highest BCUT2D eigenvalue weighted by molar-refractivity contribution is 9.10. The number of benzene rings is 2. The Balaban J connectivity index is 1.80. The first-order valence-corrected chi connectivity index (χ1v) is 12.7. The summed E-state index contributed by atoms with van der Waals surface area (Å²) in [5.41, 5.74) is -0.587. The van der Waals surface area contributed by atoms with Gasteiger partial charge in [-0.2, -0.15) is 0 Å². The molecule has 1 heterocycles. The van der Waals surface area contributed by atoms with Gasteiger partial charge in [0, 0.05) is 10.2 Å². The normalized spacial score (nSPS) is 15.1. The first kappa shape index (κ1) is 25.5. The van der Waals surface area contributed by atoms with E-state index in [0.717, 1.165) is 9.37 Å². The number of rotatable bonds is 9. The Kier molecular flexibility index (Phi) is 7.51. The minimum atomic E-state index is -3.97. The Labute approximate surface area is 206 Å². The van der Waals surface area contributed by atoms with Crippen molar-refractivity contribution in [2.75, 3.05) is 23.7 Å². The van der Waals surface area contributed by atoms with Crippen LogP contribution in [0.15, 0.2) is 51.8 Å². The van der Waals surface area contributed by atoms with E-state index in [1.165, 1.54) is 25.3 Å². The van der Waals surface area contributed by atoms with E-state index in [1.807, 2.05) is 0 Å². The molecule has 12 heteroatoms. The van der Waals surface area contributed by atoms with Crippen molar-refractivity contribution >= 4 is 55.2 Å². The Morgan fingerprint density at radius 2 is 1.76 bits per heavy atom. The Morgan fingerprint density at radius 3 is 2.32 bits per heavy atom. The highest BCUT2D eigenvalue weighted by Gasteiger charge is 2.49. The fraction of sp³-hybridized carbons (Fsp3) is 0.318. The number of amides is 4. The van der Waals surface area contributed by atoms with Crippen LogP contribution in [0.25, 0.3) is 0 Å². The summed E-state index contributed by atoms with van der Waals surface area (Å²) < 4.78 is 34.2. The lowest BCUT2D eigenvalue weighted by Gasteiger charge is -2.23. The van der Waals surface area contributed by atoms with E-state index in [4.69, 9.17) is 4.74 Å². The van der Waals surface area contributed by atoms with E-state index in [1.54, 1.807) is 38.1 Å². The SMILES string of the molecule is CCC1(CC)NC(=O)N(CC(=O)Nc2cc(S(=O)(=O)Nc3ccc(Br)cc3)ccc2OC)C1=O. The zero-order chi connectivity index (χ0) is 25.1. The number of urea groups is 1. The maximum atomic E-state index is 12.8. The van der Waals surface area contributed by atoms with Gasteiger partial charge >= 0.3 is 6.03 Å². The van der Waals surface area contributed by atoms with Gasteiger partial charge in [-0.05, 0) is 55.3 Å². The quantitative estimate of drug-likeness (QED) is 0.408. The summed E-state index contributed by atoms with van der Waals surface area (Å²) in [5, 5.41) is 5.20. The molecule has 34 heavy (non-hydrogen) atoms. The minimum absolute atomic E-state index is 0.0791. The summed E-state index contributed by atoms with van der Waals surface area (Å²) in [7, 11) is -2.60. The number of nitrogens with zero attached hydrogens (tertiary/aromatic N) is 1. The van der Waals surface area contributed by atoms with Gasteiger partial charge in [0.05, 0.1) is 17.7 Å². The summed E-state index contributed by atoms with van der Waals surface area (Å²) in [6.45, 7) is 3.04. The fourth-order valence-corrected chi connectivity index (χ4v) is 4.92. The summed E-state index contributed by atoms with van der Waals surface area (Å²) >= 11 is 3.29.